The largest absolute Gasteiger partial charge is 0.490 e. The van der Waals surface area contributed by atoms with Crippen molar-refractivity contribution in [1.29, 1.82) is 0 Å². The molecule has 1 atom stereocenters. The number of piperidine rings is 1. The fourth-order valence-electron chi connectivity index (χ4n) is 3.96. The van der Waals surface area contributed by atoms with Gasteiger partial charge in [0, 0.05) is 30.4 Å². The van der Waals surface area contributed by atoms with Crippen molar-refractivity contribution in [2.75, 3.05) is 18.4 Å². The lowest BCUT2D eigenvalue weighted by Gasteiger charge is -2.35. The van der Waals surface area contributed by atoms with Crippen molar-refractivity contribution in [3.8, 4) is 5.75 Å². The van der Waals surface area contributed by atoms with Gasteiger partial charge in [-0.05, 0) is 75.6 Å². The Morgan fingerprint density at radius 2 is 1.83 bits per heavy atom. The molecule has 1 unspecified atom stereocenters. The second kappa shape index (κ2) is 8.84. The Balaban J connectivity index is 1.31. The van der Waals surface area contributed by atoms with Crippen molar-refractivity contribution >= 4 is 22.5 Å². The summed E-state index contributed by atoms with van der Waals surface area (Å²) in [5, 5.41) is 4.15. The van der Waals surface area contributed by atoms with Crippen LogP contribution in [0.4, 0.5) is 5.69 Å². The first-order valence-corrected chi connectivity index (χ1v) is 10.6. The lowest BCUT2D eigenvalue weighted by molar-refractivity contribution is -0.121. The second-order valence-corrected chi connectivity index (χ2v) is 8.19. The molecule has 0 radical (unpaired) electrons. The first-order valence-electron chi connectivity index (χ1n) is 10.6. The number of likely N-dealkylation sites (tertiary alicyclic amines) is 1. The Hall–Kier alpha value is -2.92. The molecule has 30 heavy (non-hydrogen) atoms. The predicted octanol–water partition coefficient (Wildman–Crippen LogP) is 4.72. The van der Waals surface area contributed by atoms with Gasteiger partial charge < -0.3 is 10.1 Å². The smallest absolute Gasteiger partial charge is 0.241 e. The van der Waals surface area contributed by atoms with Crippen molar-refractivity contribution in [3.05, 3.63) is 65.9 Å². The first kappa shape index (κ1) is 20.4. The van der Waals surface area contributed by atoms with E-state index in [4.69, 9.17) is 4.74 Å². The molecular weight excluding hydrogens is 374 g/mol. The van der Waals surface area contributed by atoms with Gasteiger partial charge in [0.15, 0.2) is 0 Å². The van der Waals surface area contributed by atoms with Gasteiger partial charge in [-0.25, -0.2) is 0 Å². The van der Waals surface area contributed by atoms with E-state index in [1.807, 2.05) is 62.5 Å². The van der Waals surface area contributed by atoms with Gasteiger partial charge in [-0.1, -0.05) is 17.7 Å². The van der Waals surface area contributed by atoms with Crippen LogP contribution in [-0.4, -0.2) is 41.0 Å². The maximum Gasteiger partial charge on any atom is 0.241 e. The average molecular weight is 404 g/mol. The number of rotatable bonds is 5. The van der Waals surface area contributed by atoms with Gasteiger partial charge in [0.05, 0.1) is 11.6 Å². The number of hydrogen-bond donors (Lipinski definition) is 1. The third kappa shape index (κ3) is 4.62. The van der Waals surface area contributed by atoms with E-state index < -0.39 is 0 Å². The number of ether oxygens (including phenoxy) is 1. The number of fused-ring (bicyclic) bond motifs is 1. The highest BCUT2D eigenvalue weighted by Crippen LogP contribution is 2.25. The summed E-state index contributed by atoms with van der Waals surface area (Å²) in [6, 6.07) is 15.9. The molecule has 1 aromatic heterocycles. The third-order valence-electron chi connectivity index (χ3n) is 5.96. The zero-order chi connectivity index (χ0) is 21.1. The summed E-state index contributed by atoms with van der Waals surface area (Å²) in [6.07, 6.45) is 3.82. The molecule has 1 amide bonds. The number of carbonyl (C=O) groups is 1. The molecule has 0 spiro atoms. The van der Waals surface area contributed by atoms with Crippen LogP contribution in [0.2, 0.25) is 0 Å². The number of aryl methyl sites for hydroxylation is 2. The number of nitrogens with zero attached hydrogens (tertiary/aromatic N) is 2. The van der Waals surface area contributed by atoms with Gasteiger partial charge in [0.25, 0.3) is 0 Å². The fraction of sp³-hybridized carbons (Fsp3) is 0.360. The molecular formula is C25H29N3O2. The topological polar surface area (TPSA) is 54.5 Å². The van der Waals surface area contributed by atoms with Crippen LogP contribution in [0.25, 0.3) is 10.9 Å². The lowest BCUT2D eigenvalue weighted by Crippen LogP contribution is -2.47. The number of carbonyl (C=O) groups excluding carboxylic acids is 1. The Labute approximate surface area is 178 Å². The van der Waals surface area contributed by atoms with Crippen LogP contribution in [0.3, 0.4) is 0 Å². The molecule has 0 bridgehead atoms. The van der Waals surface area contributed by atoms with E-state index in [9.17, 15) is 4.79 Å². The number of aromatic nitrogens is 1. The van der Waals surface area contributed by atoms with E-state index in [0.717, 1.165) is 48.3 Å². The molecule has 0 aliphatic carbocycles. The molecule has 2 aromatic carbocycles. The Bertz CT molecular complexity index is 1020. The molecule has 1 aliphatic rings. The van der Waals surface area contributed by atoms with E-state index >= 15 is 0 Å². The third-order valence-corrected chi connectivity index (χ3v) is 5.96. The van der Waals surface area contributed by atoms with Crippen LogP contribution < -0.4 is 10.1 Å². The van der Waals surface area contributed by atoms with Crippen LogP contribution in [0.5, 0.6) is 5.75 Å². The zero-order valence-electron chi connectivity index (χ0n) is 17.9. The first-order chi connectivity index (χ1) is 14.5. The normalized spacial score (nSPS) is 16.4. The summed E-state index contributed by atoms with van der Waals surface area (Å²) >= 11 is 0. The quantitative estimate of drug-likeness (QED) is 0.670. The van der Waals surface area contributed by atoms with Crippen molar-refractivity contribution in [3.63, 3.8) is 0 Å². The zero-order valence-corrected chi connectivity index (χ0v) is 17.9. The average Bonchev–Trinajstić information content (AvgIpc) is 2.76. The Morgan fingerprint density at radius 1 is 1.10 bits per heavy atom. The minimum Gasteiger partial charge on any atom is -0.490 e. The van der Waals surface area contributed by atoms with Crippen molar-refractivity contribution in [1.82, 2.24) is 9.88 Å². The SMILES string of the molecule is Cc1ccc(NC(=O)C(C)N2CCC(Oc3ccc4nccc(C)c4c3)CC2)cc1. The maximum atomic E-state index is 12.6. The van der Waals surface area contributed by atoms with Crippen molar-refractivity contribution < 1.29 is 9.53 Å². The minimum absolute atomic E-state index is 0.0377. The van der Waals surface area contributed by atoms with Crippen LogP contribution >= 0.6 is 0 Å². The van der Waals surface area contributed by atoms with Gasteiger partial charge >= 0.3 is 0 Å². The molecule has 1 N–H and O–H groups in total. The second-order valence-electron chi connectivity index (χ2n) is 8.19. The molecule has 1 aliphatic heterocycles. The number of amides is 1. The van der Waals surface area contributed by atoms with Crippen LogP contribution in [-0.2, 0) is 4.79 Å². The van der Waals surface area contributed by atoms with E-state index in [2.05, 4.69) is 28.2 Å². The Kier molecular flexibility index (Phi) is 6.00. The summed E-state index contributed by atoms with van der Waals surface area (Å²) < 4.78 is 6.26. The number of hydrogen-bond acceptors (Lipinski definition) is 4. The molecule has 0 saturated carbocycles. The lowest BCUT2D eigenvalue weighted by atomic mass is 10.0. The summed E-state index contributed by atoms with van der Waals surface area (Å²) in [5.41, 5.74) is 4.22. The molecule has 5 nitrogen and oxygen atoms in total. The van der Waals surface area contributed by atoms with Crippen LogP contribution in [0.15, 0.2) is 54.7 Å². The van der Waals surface area contributed by atoms with Gasteiger partial charge in [-0.3, -0.25) is 14.7 Å². The monoisotopic (exact) mass is 403 g/mol. The van der Waals surface area contributed by atoms with E-state index in [1.165, 1.54) is 11.1 Å². The summed E-state index contributed by atoms with van der Waals surface area (Å²) in [7, 11) is 0. The number of anilines is 1. The standard InChI is InChI=1S/C25H29N3O2/c1-17-4-6-20(7-5-17)27-25(29)19(3)28-14-11-21(12-15-28)30-22-8-9-24-23(16-22)18(2)10-13-26-24/h4-10,13,16,19,21H,11-12,14-15H2,1-3H3,(H,27,29). The van der Waals surface area contributed by atoms with Crippen LogP contribution in [0, 0.1) is 13.8 Å². The minimum atomic E-state index is -0.165. The highest BCUT2D eigenvalue weighted by atomic mass is 16.5. The molecule has 1 fully saturated rings. The number of nitrogens with one attached hydrogen (secondary N) is 1. The summed E-state index contributed by atoms with van der Waals surface area (Å²) in [4.78, 5) is 19.3. The Morgan fingerprint density at radius 3 is 2.57 bits per heavy atom. The van der Waals surface area contributed by atoms with Crippen molar-refractivity contribution in [2.24, 2.45) is 0 Å². The number of benzene rings is 2. The van der Waals surface area contributed by atoms with Gasteiger partial charge in [-0.15, -0.1) is 0 Å². The van der Waals surface area contributed by atoms with Crippen molar-refractivity contribution in [2.45, 2.75) is 45.8 Å². The van der Waals surface area contributed by atoms with Gasteiger partial charge in [0.2, 0.25) is 5.91 Å². The van der Waals surface area contributed by atoms with E-state index in [-0.39, 0.29) is 18.1 Å². The molecule has 1 saturated heterocycles. The van der Waals surface area contributed by atoms with E-state index in [1.54, 1.807) is 0 Å². The summed E-state index contributed by atoms with van der Waals surface area (Å²) in [6.45, 7) is 7.80. The maximum absolute atomic E-state index is 12.6. The molecule has 3 aromatic rings. The molecule has 2 heterocycles. The fourth-order valence-corrected chi connectivity index (χ4v) is 3.96. The molecule has 156 valence electrons. The van der Waals surface area contributed by atoms with Crippen LogP contribution in [0.1, 0.15) is 30.9 Å². The molecule has 5 heteroatoms. The highest BCUT2D eigenvalue weighted by Gasteiger charge is 2.27. The van der Waals surface area contributed by atoms with E-state index in [0.29, 0.717) is 0 Å². The van der Waals surface area contributed by atoms with Gasteiger partial charge in [-0.2, -0.15) is 0 Å². The highest BCUT2D eigenvalue weighted by molar-refractivity contribution is 5.94. The van der Waals surface area contributed by atoms with Gasteiger partial charge in [0.1, 0.15) is 11.9 Å². The summed E-state index contributed by atoms with van der Waals surface area (Å²) in [5.74, 6) is 0.929. The molecule has 4 rings (SSSR count). The number of pyridine rings is 1. The predicted molar refractivity (Wildman–Crippen MR) is 121 cm³/mol.